The Hall–Kier alpha value is -1.62. The maximum atomic E-state index is 11.0. The number of non-ortho nitro benzene ring substituents is 1. The zero-order valence-corrected chi connectivity index (χ0v) is 13.0. The summed E-state index contributed by atoms with van der Waals surface area (Å²) in [5, 5.41) is 11.0. The lowest BCUT2D eigenvalue weighted by molar-refractivity contribution is -0.385. The van der Waals surface area contributed by atoms with Crippen molar-refractivity contribution in [2.24, 2.45) is 11.1 Å². The second kappa shape index (κ2) is 5.64. The highest BCUT2D eigenvalue weighted by atomic mass is 16.6. The van der Waals surface area contributed by atoms with E-state index in [1.165, 1.54) is 13.2 Å². The van der Waals surface area contributed by atoms with Crippen LogP contribution < -0.4 is 10.5 Å². The van der Waals surface area contributed by atoms with Crippen molar-refractivity contribution < 1.29 is 9.66 Å². The Balaban J connectivity index is 2.19. The lowest BCUT2D eigenvalue weighted by Crippen LogP contribution is -2.46. The lowest BCUT2D eigenvalue weighted by Gasteiger charge is -2.41. The Labute approximate surface area is 125 Å². The van der Waals surface area contributed by atoms with Crippen LogP contribution in [0.4, 0.5) is 5.69 Å². The van der Waals surface area contributed by atoms with Gasteiger partial charge in [0.2, 0.25) is 0 Å². The first kappa shape index (κ1) is 15.8. The first-order valence-electron chi connectivity index (χ1n) is 7.34. The van der Waals surface area contributed by atoms with Crippen molar-refractivity contribution in [3.05, 3.63) is 33.9 Å². The molecule has 0 amide bonds. The van der Waals surface area contributed by atoms with Crippen LogP contribution in [0.1, 0.15) is 45.1 Å². The topological polar surface area (TPSA) is 78.4 Å². The van der Waals surface area contributed by atoms with Crippen LogP contribution in [0.15, 0.2) is 18.2 Å². The maximum Gasteiger partial charge on any atom is 0.273 e. The summed E-state index contributed by atoms with van der Waals surface area (Å²) in [5.74, 6) is 0.513. The van der Waals surface area contributed by atoms with Crippen LogP contribution in [-0.2, 0) is 6.42 Å². The fourth-order valence-corrected chi connectivity index (χ4v) is 2.98. The molecule has 1 saturated carbocycles. The molecule has 1 fully saturated rings. The van der Waals surface area contributed by atoms with Crippen LogP contribution >= 0.6 is 0 Å². The zero-order valence-electron chi connectivity index (χ0n) is 13.0. The van der Waals surface area contributed by atoms with Crippen molar-refractivity contribution in [1.82, 2.24) is 0 Å². The average molecular weight is 292 g/mol. The number of methoxy groups -OCH3 is 1. The number of rotatable bonds is 4. The Morgan fingerprint density at radius 1 is 1.24 bits per heavy atom. The quantitative estimate of drug-likeness (QED) is 0.681. The zero-order chi connectivity index (χ0) is 15.7. The van der Waals surface area contributed by atoms with Crippen LogP contribution in [0.2, 0.25) is 0 Å². The molecule has 1 aliphatic carbocycles. The van der Waals surface area contributed by atoms with Crippen molar-refractivity contribution in [1.29, 1.82) is 0 Å². The lowest BCUT2D eigenvalue weighted by atomic mass is 9.68. The fourth-order valence-electron chi connectivity index (χ4n) is 2.98. The van der Waals surface area contributed by atoms with Gasteiger partial charge in [-0.05, 0) is 49.1 Å². The summed E-state index contributed by atoms with van der Waals surface area (Å²) in [6.07, 6.45) is 4.74. The second-order valence-corrected chi connectivity index (χ2v) is 7.00. The second-order valence-electron chi connectivity index (χ2n) is 7.00. The summed E-state index contributed by atoms with van der Waals surface area (Å²) >= 11 is 0. The molecule has 0 heterocycles. The minimum absolute atomic E-state index is 0.0593. The molecular formula is C16H24N2O3. The van der Waals surface area contributed by atoms with Gasteiger partial charge in [-0.2, -0.15) is 0 Å². The van der Waals surface area contributed by atoms with Crippen molar-refractivity contribution in [3.63, 3.8) is 0 Å². The summed E-state index contributed by atoms with van der Waals surface area (Å²) in [4.78, 5) is 10.6. The van der Waals surface area contributed by atoms with Crippen LogP contribution in [-0.4, -0.2) is 17.6 Å². The number of nitro benzene ring substituents is 1. The smallest absolute Gasteiger partial charge is 0.273 e. The minimum Gasteiger partial charge on any atom is -0.496 e. The summed E-state index contributed by atoms with van der Waals surface area (Å²) < 4.78 is 5.16. The van der Waals surface area contributed by atoms with Crippen molar-refractivity contribution in [3.8, 4) is 5.75 Å². The van der Waals surface area contributed by atoms with Gasteiger partial charge in [-0.15, -0.1) is 0 Å². The van der Waals surface area contributed by atoms with Gasteiger partial charge in [0.25, 0.3) is 5.69 Å². The van der Waals surface area contributed by atoms with E-state index in [2.05, 4.69) is 13.8 Å². The molecule has 0 atom stereocenters. The number of nitro groups is 1. The highest BCUT2D eigenvalue weighted by Gasteiger charge is 2.35. The van der Waals surface area contributed by atoms with Gasteiger partial charge in [0.15, 0.2) is 0 Å². The molecule has 2 rings (SSSR count). The molecule has 21 heavy (non-hydrogen) atoms. The molecule has 0 unspecified atom stereocenters. The van der Waals surface area contributed by atoms with Crippen LogP contribution in [0.3, 0.4) is 0 Å². The van der Waals surface area contributed by atoms with E-state index in [0.717, 1.165) is 31.2 Å². The van der Waals surface area contributed by atoms with Gasteiger partial charge in [-0.3, -0.25) is 10.1 Å². The van der Waals surface area contributed by atoms with Crippen LogP contribution in [0.5, 0.6) is 5.75 Å². The third kappa shape index (κ3) is 3.94. The SMILES string of the molecule is COc1cc(CC2(N)CCC(C)(C)CC2)cc([N+](=O)[O-])c1. The number of hydrogen-bond acceptors (Lipinski definition) is 4. The van der Waals surface area contributed by atoms with E-state index in [1.807, 2.05) is 6.07 Å². The van der Waals surface area contributed by atoms with Crippen LogP contribution in [0.25, 0.3) is 0 Å². The third-order valence-electron chi connectivity index (χ3n) is 4.55. The molecule has 1 aromatic rings. The van der Waals surface area contributed by atoms with E-state index in [4.69, 9.17) is 10.5 Å². The van der Waals surface area contributed by atoms with Gasteiger partial charge in [0, 0.05) is 11.6 Å². The summed E-state index contributed by atoms with van der Waals surface area (Å²) in [5.41, 5.74) is 7.54. The molecule has 116 valence electrons. The predicted molar refractivity (Wildman–Crippen MR) is 82.5 cm³/mol. The number of hydrogen-bond donors (Lipinski definition) is 1. The van der Waals surface area contributed by atoms with Gasteiger partial charge in [-0.1, -0.05) is 13.8 Å². The molecule has 0 aromatic heterocycles. The van der Waals surface area contributed by atoms with Gasteiger partial charge >= 0.3 is 0 Å². The average Bonchev–Trinajstić information content (AvgIpc) is 2.42. The molecule has 0 radical (unpaired) electrons. The van der Waals surface area contributed by atoms with Gasteiger partial charge in [0.05, 0.1) is 18.1 Å². The largest absolute Gasteiger partial charge is 0.496 e. The molecule has 1 aromatic carbocycles. The van der Waals surface area contributed by atoms with Crippen molar-refractivity contribution >= 4 is 5.69 Å². The molecule has 0 aliphatic heterocycles. The van der Waals surface area contributed by atoms with E-state index in [-0.39, 0.29) is 16.1 Å². The van der Waals surface area contributed by atoms with E-state index >= 15 is 0 Å². The normalized spacial score (nSPS) is 20.0. The molecule has 2 N–H and O–H groups in total. The van der Waals surface area contributed by atoms with E-state index in [1.54, 1.807) is 6.07 Å². The van der Waals surface area contributed by atoms with Gasteiger partial charge < -0.3 is 10.5 Å². The number of nitrogens with zero attached hydrogens (tertiary/aromatic N) is 1. The molecule has 0 saturated heterocycles. The maximum absolute atomic E-state index is 11.0. The molecule has 1 aliphatic rings. The van der Waals surface area contributed by atoms with Gasteiger partial charge in [0.1, 0.15) is 5.75 Å². The van der Waals surface area contributed by atoms with Crippen LogP contribution in [0, 0.1) is 15.5 Å². The third-order valence-corrected chi connectivity index (χ3v) is 4.55. The monoisotopic (exact) mass is 292 g/mol. The Bertz CT molecular complexity index is 530. The summed E-state index contributed by atoms with van der Waals surface area (Å²) in [7, 11) is 1.52. The first-order valence-corrected chi connectivity index (χ1v) is 7.34. The predicted octanol–water partition coefficient (Wildman–Crippen LogP) is 3.44. The van der Waals surface area contributed by atoms with E-state index in [9.17, 15) is 10.1 Å². The first-order chi connectivity index (χ1) is 9.73. The minimum atomic E-state index is -0.390. The highest BCUT2D eigenvalue weighted by Crippen LogP contribution is 2.40. The molecular weight excluding hydrogens is 268 g/mol. The summed E-state index contributed by atoms with van der Waals surface area (Å²) in [6.45, 7) is 4.53. The number of benzene rings is 1. The van der Waals surface area contributed by atoms with E-state index < -0.39 is 0 Å². The van der Waals surface area contributed by atoms with Crippen molar-refractivity contribution in [2.75, 3.05) is 7.11 Å². The Kier molecular flexibility index (Phi) is 4.23. The summed E-state index contributed by atoms with van der Waals surface area (Å²) in [6, 6.07) is 4.90. The molecule has 5 nitrogen and oxygen atoms in total. The molecule has 0 spiro atoms. The van der Waals surface area contributed by atoms with Gasteiger partial charge in [-0.25, -0.2) is 0 Å². The standard InChI is InChI=1S/C16H24N2O3/c1-15(2)4-6-16(17,7-5-15)11-12-8-13(18(19)20)10-14(9-12)21-3/h8-10H,4-7,11,17H2,1-3H3. The molecule has 5 heteroatoms. The molecule has 0 bridgehead atoms. The van der Waals surface area contributed by atoms with E-state index in [0.29, 0.717) is 17.6 Å². The highest BCUT2D eigenvalue weighted by molar-refractivity contribution is 5.43. The Morgan fingerprint density at radius 3 is 2.38 bits per heavy atom. The fraction of sp³-hybridized carbons (Fsp3) is 0.625. The Morgan fingerprint density at radius 2 is 1.86 bits per heavy atom. The number of ether oxygens (including phenoxy) is 1. The van der Waals surface area contributed by atoms with Crippen molar-refractivity contribution in [2.45, 2.75) is 51.5 Å². The number of nitrogens with two attached hydrogens (primary N) is 1.